The van der Waals surface area contributed by atoms with Gasteiger partial charge in [-0.15, -0.1) is 0 Å². The van der Waals surface area contributed by atoms with Crippen molar-refractivity contribution in [2.75, 3.05) is 19.8 Å². The molecule has 9 heteroatoms. The van der Waals surface area contributed by atoms with Crippen molar-refractivity contribution in [3.05, 3.63) is 58.1 Å². The van der Waals surface area contributed by atoms with Crippen LogP contribution in [0.4, 0.5) is 0 Å². The highest BCUT2D eigenvalue weighted by molar-refractivity contribution is 9.10. The molecule has 0 amide bonds. The molecule has 0 saturated heterocycles. The first-order valence-electron chi connectivity index (χ1n) is 11.8. The number of aliphatic hydroxyl groups excluding tert-OH is 1. The molecule has 0 aromatic heterocycles. The zero-order valence-corrected chi connectivity index (χ0v) is 21.6. The zero-order valence-electron chi connectivity index (χ0n) is 20.0. The predicted molar refractivity (Wildman–Crippen MR) is 133 cm³/mol. The van der Waals surface area contributed by atoms with E-state index in [1.54, 1.807) is 12.1 Å². The number of hydrogen-bond acceptors (Lipinski definition) is 8. The van der Waals surface area contributed by atoms with Crippen molar-refractivity contribution < 1.29 is 33.6 Å². The first kappa shape index (κ1) is 27.0. The summed E-state index contributed by atoms with van der Waals surface area (Å²) < 4.78 is 22.7. The van der Waals surface area contributed by atoms with Crippen LogP contribution < -0.4 is 15.2 Å². The molecule has 0 bridgehead atoms. The summed E-state index contributed by atoms with van der Waals surface area (Å²) in [4.78, 5) is 25.5. The molecule has 3 N–H and O–H groups in total. The van der Waals surface area contributed by atoms with Crippen molar-refractivity contribution in [1.82, 2.24) is 0 Å². The fourth-order valence-electron chi connectivity index (χ4n) is 3.79. The van der Waals surface area contributed by atoms with Crippen LogP contribution in [0.25, 0.3) is 0 Å². The number of nitrogens with two attached hydrogens (primary N) is 1. The number of ether oxygens (including phenoxy) is 4. The normalized spacial score (nSPS) is 15.3. The van der Waals surface area contributed by atoms with Gasteiger partial charge in [0.15, 0.2) is 11.5 Å². The maximum atomic E-state index is 12.8. The smallest absolute Gasteiger partial charge is 0.453 e. The highest BCUT2D eigenvalue weighted by atomic mass is 79.9. The zero-order chi connectivity index (χ0) is 25.4. The molecule has 2 aromatic rings. The first-order valence-corrected chi connectivity index (χ1v) is 12.6. The number of aliphatic hydroxyl groups is 1. The van der Waals surface area contributed by atoms with Gasteiger partial charge in [-0.2, -0.15) is 0 Å². The third-order valence-electron chi connectivity index (χ3n) is 5.61. The minimum Gasteiger partial charge on any atom is -0.459 e. The van der Waals surface area contributed by atoms with E-state index in [0.717, 1.165) is 15.6 Å². The van der Waals surface area contributed by atoms with Crippen LogP contribution in [0, 0.1) is 5.92 Å². The lowest BCUT2D eigenvalue weighted by Crippen LogP contribution is -2.56. The van der Waals surface area contributed by atoms with Gasteiger partial charge in [0, 0.05) is 4.47 Å². The summed E-state index contributed by atoms with van der Waals surface area (Å²) in [6.45, 7) is 4.29. The van der Waals surface area contributed by atoms with Gasteiger partial charge >= 0.3 is 17.7 Å². The summed E-state index contributed by atoms with van der Waals surface area (Å²) in [5.74, 6) is -3.76. The molecule has 0 aliphatic carbocycles. The van der Waals surface area contributed by atoms with Gasteiger partial charge in [-0.3, -0.25) is 0 Å². The van der Waals surface area contributed by atoms with E-state index in [1.807, 2.05) is 44.2 Å². The number of halogens is 1. The van der Waals surface area contributed by atoms with E-state index < -0.39 is 23.8 Å². The average Bonchev–Trinajstić information content (AvgIpc) is 3.25. The summed E-state index contributed by atoms with van der Waals surface area (Å²) in [5, 5.41) is 10.7. The number of carbonyl (C=O) groups is 2. The van der Waals surface area contributed by atoms with Crippen molar-refractivity contribution in [2.45, 2.75) is 51.4 Å². The summed E-state index contributed by atoms with van der Waals surface area (Å²) in [6.07, 6.45) is 1.50. The van der Waals surface area contributed by atoms with E-state index in [1.165, 1.54) is 0 Å². The molecule has 1 aliphatic rings. The molecule has 0 fully saturated rings. The van der Waals surface area contributed by atoms with Crippen molar-refractivity contribution >= 4 is 27.9 Å². The lowest BCUT2D eigenvalue weighted by Gasteiger charge is -2.23. The van der Waals surface area contributed by atoms with Crippen LogP contribution in [-0.4, -0.2) is 42.6 Å². The van der Waals surface area contributed by atoms with Crippen molar-refractivity contribution in [3.8, 4) is 11.5 Å². The lowest BCUT2D eigenvalue weighted by molar-refractivity contribution is -0.202. The van der Waals surface area contributed by atoms with Gasteiger partial charge in [-0.05, 0) is 67.5 Å². The molecule has 8 nitrogen and oxygen atoms in total. The molecular weight excluding hydrogens is 518 g/mol. The van der Waals surface area contributed by atoms with Crippen LogP contribution in [0.1, 0.15) is 50.3 Å². The van der Waals surface area contributed by atoms with Gasteiger partial charge in [0.2, 0.25) is 0 Å². The Balaban J connectivity index is 1.76. The third-order valence-corrected chi connectivity index (χ3v) is 6.33. The van der Waals surface area contributed by atoms with Gasteiger partial charge in [-0.1, -0.05) is 54.0 Å². The molecule has 35 heavy (non-hydrogen) atoms. The molecule has 190 valence electrons. The second kappa shape index (κ2) is 12.4. The van der Waals surface area contributed by atoms with E-state index in [2.05, 4.69) is 15.9 Å². The maximum absolute atomic E-state index is 12.8. The Labute approximate surface area is 213 Å². The lowest BCUT2D eigenvalue weighted by atomic mass is 9.91. The highest BCUT2D eigenvalue weighted by Gasteiger charge is 2.59. The van der Waals surface area contributed by atoms with Gasteiger partial charge in [0.1, 0.15) is 0 Å². The minimum atomic E-state index is -2.33. The van der Waals surface area contributed by atoms with E-state index in [4.69, 9.17) is 24.7 Å². The predicted octanol–water partition coefficient (Wildman–Crippen LogP) is 4.06. The number of rotatable bonds is 12. The molecule has 0 radical (unpaired) electrons. The van der Waals surface area contributed by atoms with Crippen molar-refractivity contribution in [3.63, 3.8) is 0 Å². The fourth-order valence-corrected chi connectivity index (χ4v) is 4.34. The van der Waals surface area contributed by atoms with E-state index >= 15 is 0 Å². The van der Waals surface area contributed by atoms with Crippen LogP contribution in [0.2, 0.25) is 0 Å². The van der Waals surface area contributed by atoms with Crippen molar-refractivity contribution in [1.29, 1.82) is 0 Å². The second-order valence-electron chi connectivity index (χ2n) is 8.45. The molecule has 2 unspecified atom stereocenters. The van der Waals surface area contributed by atoms with Crippen molar-refractivity contribution in [2.24, 2.45) is 11.7 Å². The van der Waals surface area contributed by atoms with E-state index in [9.17, 15) is 14.7 Å². The summed E-state index contributed by atoms with van der Waals surface area (Å²) in [6, 6.07) is 12.7. The Morgan fingerprint density at radius 2 is 1.66 bits per heavy atom. The Morgan fingerprint density at radius 3 is 2.26 bits per heavy atom. The molecule has 3 rings (SSSR count). The van der Waals surface area contributed by atoms with Gasteiger partial charge in [0.05, 0.1) is 19.3 Å². The molecule has 1 aliphatic heterocycles. The SMILES string of the molecule is CCCOC(=O)C1(C(=O)OCCC)Oc2ccc(CC(CN)CC(O)c3ccccc3Br)cc2O1. The van der Waals surface area contributed by atoms with E-state index in [-0.39, 0.29) is 30.6 Å². The molecule has 2 aromatic carbocycles. The Bertz CT molecular complexity index is 1010. The molecule has 2 atom stereocenters. The Kier molecular flexibility index (Phi) is 9.54. The second-order valence-corrected chi connectivity index (χ2v) is 9.31. The first-order chi connectivity index (χ1) is 16.8. The topological polar surface area (TPSA) is 117 Å². The molecule has 0 spiro atoms. The number of fused-ring (bicyclic) bond motifs is 1. The third kappa shape index (κ3) is 6.34. The van der Waals surface area contributed by atoms with Crippen LogP contribution in [0.5, 0.6) is 11.5 Å². The maximum Gasteiger partial charge on any atom is 0.453 e. The quantitative estimate of drug-likeness (QED) is 0.300. The van der Waals surface area contributed by atoms with E-state index in [0.29, 0.717) is 32.2 Å². The highest BCUT2D eigenvalue weighted by Crippen LogP contribution is 2.42. The largest absolute Gasteiger partial charge is 0.459 e. The summed E-state index contributed by atoms with van der Waals surface area (Å²) >= 11 is 3.48. The van der Waals surface area contributed by atoms with Crippen LogP contribution in [-0.2, 0) is 25.5 Å². The summed E-state index contributed by atoms with van der Waals surface area (Å²) in [7, 11) is 0. The fraction of sp³-hybridized carbons (Fsp3) is 0.462. The number of esters is 2. The van der Waals surface area contributed by atoms with Crippen LogP contribution in [0.15, 0.2) is 46.9 Å². The number of benzene rings is 2. The molecule has 0 saturated carbocycles. The summed E-state index contributed by atoms with van der Waals surface area (Å²) in [5.41, 5.74) is 7.68. The molecular formula is C26H32BrNO7. The monoisotopic (exact) mass is 549 g/mol. The standard InChI is InChI=1S/C26H32BrNO7/c1-3-11-32-24(30)26(25(31)33-12-4-2)34-22-10-9-17(15-23(22)35-26)13-18(16-28)14-21(29)19-7-5-6-8-20(19)27/h5-10,15,18,21,29H,3-4,11-14,16,28H2,1-2H3. The Hall–Kier alpha value is -2.62. The van der Waals surface area contributed by atoms with Crippen LogP contribution >= 0.6 is 15.9 Å². The minimum absolute atomic E-state index is 0.0220. The van der Waals surface area contributed by atoms with Gasteiger partial charge in [0.25, 0.3) is 0 Å². The average molecular weight is 550 g/mol. The Morgan fingerprint density at radius 1 is 1.03 bits per heavy atom. The molecule has 1 heterocycles. The van der Waals surface area contributed by atoms with Gasteiger partial charge < -0.3 is 29.8 Å². The number of hydrogen-bond donors (Lipinski definition) is 2. The number of carbonyl (C=O) groups excluding carboxylic acids is 2. The van der Waals surface area contributed by atoms with Gasteiger partial charge in [-0.25, -0.2) is 9.59 Å². The van der Waals surface area contributed by atoms with Crippen LogP contribution in [0.3, 0.4) is 0 Å².